The Bertz CT molecular complexity index is 1150. The zero-order valence-corrected chi connectivity index (χ0v) is 21.6. The first-order valence-electron chi connectivity index (χ1n) is 12.3. The van der Waals surface area contributed by atoms with Crippen LogP contribution in [0.1, 0.15) is 35.6 Å². The summed E-state index contributed by atoms with van der Waals surface area (Å²) in [6, 6.07) is 22.9. The number of aryl methyl sites for hydroxylation is 2. The molecule has 190 valence electrons. The summed E-state index contributed by atoms with van der Waals surface area (Å²) in [6.45, 7) is 4.79. The number of benzene rings is 3. The SMILES string of the molecule is CCNC(=O)[C@H](Cc1ccccc1)N(Cc1ccccc1C)C(=O)CCc1ccc(OC)c(OC)c1. The van der Waals surface area contributed by atoms with E-state index < -0.39 is 6.04 Å². The summed E-state index contributed by atoms with van der Waals surface area (Å²) in [5.41, 5.74) is 4.09. The van der Waals surface area contributed by atoms with Crippen LogP contribution in [0, 0.1) is 6.92 Å². The van der Waals surface area contributed by atoms with E-state index in [-0.39, 0.29) is 18.2 Å². The molecule has 0 bridgehead atoms. The van der Waals surface area contributed by atoms with E-state index in [1.807, 2.05) is 86.6 Å². The van der Waals surface area contributed by atoms with Gasteiger partial charge in [0.2, 0.25) is 11.8 Å². The van der Waals surface area contributed by atoms with E-state index in [2.05, 4.69) is 5.32 Å². The van der Waals surface area contributed by atoms with E-state index in [0.29, 0.717) is 37.4 Å². The molecular weight excluding hydrogens is 452 g/mol. The van der Waals surface area contributed by atoms with Crippen molar-refractivity contribution >= 4 is 11.8 Å². The van der Waals surface area contributed by atoms with Crippen LogP contribution in [0.25, 0.3) is 0 Å². The molecule has 0 aromatic heterocycles. The Hall–Kier alpha value is -3.80. The number of hydrogen-bond acceptors (Lipinski definition) is 4. The predicted octanol–water partition coefficient (Wildman–Crippen LogP) is 4.72. The van der Waals surface area contributed by atoms with Gasteiger partial charge in [-0.05, 0) is 54.7 Å². The number of rotatable bonds is 12. The van der Waals surface area contributed by atoms with Crippen molar-refractivity contribution in [3.63, 3.8) is 0 Å². The maximum atomic E-state index is 13.7. The highest BCUT2D eigenvalue weighted by molar-refractivity contribution is 5.88. The van der Waals surface area contributed by atoms with Crippen molar-refractivity contribution in [2.45, 2.75) is 45.7 Å². The third-order valence-electron chi connectivity index (χ3n) is 6.30. The molecule has 3 aromatic carbocycles. The van der Waals surface area contributed by atoms with Gasteiger partial charge < -0.3 is 19.7 Å². The predicted molar refractivity (Wildman–Crippen MR) is 142 cm³/mol. The average molecular weight is 489 g/mol. The van der Waals surface area contributed by atoms with Crippen LogP contribution < -0.4 is 14.8 Å². The van der Waals surface area contributed by atoms with Crippen molar-refractivity contribution in [2.75, 3.05) is 20.8 Å². The van der Waals surface area contributed by atoms with Crippen LogP contribution in [0.5, 0.6) is 11.5 Å². The highest BCUT2D eigenvalue weighted by Gasteiger charge is 2.30. The van der Waals surface area contributed by atoms with Gasteiger partial charge in [0.15, 0.2) is 11.5 Å². The summed E-state index contributed by atoms with van der Waals surface area (Å²) in [5.74, 6) is 1.06. The van der Waals surface area contributed by atoms with Gasteiger partial charge in [-0.3, -0.25) is 9.59 Å². The lowest BCUT2D eigenvalue weighted by atomic mass is 10.0. The number of likely N-dealkylation sites (N-methyl/N-ethyl adjacent to an activating group) is 1. The van der Waals surface area contributed by atoms with Crippen molar-refractivity contribution in [2.24, 2.45) is 0 Å². The van der Waals surface area contributed by atoms with E-state index in [9.17, 15) is 9.59 Å². The van der Waals surface area contributed by atoms with E-state index >= 15 is 0 Å². The molecule has 0 aliphatic heterocycles. The molecule has 0 heterocycles. The number of nitrogens with zero attached hydrogens (tertiary/aromatic N) is 1. The molecule has 0 aliphatic carbocycles. The number of carbonyl (C=O) groups excluding carboxylic acids is 2. The molecule has 0 unspecified atom stereocenters. The molecular formula is C30H36N2O4. The van der Waals surface area contributed by atoms with Crippen LogP contribution in [-0.2, 0) is 29.0 Å². The standard InChI is InChI=1S/C30H36N2O4/c1-5-31-30(34)26(19-23-12-7-6-8-13-23)32(21-25-14-10-9-11-22(25)2)29(33)18-16-24-15-17-27(35-3)28(20-24)36-4/h6-15,17,20,26H,5,16,18-19,21H2,1-4H3,(H,31,34)/t26-/m0/s1. The lowest BCUT2D eigenvalue weighted by Crippen LogP contribution is -2.50. The second-order valence-corrected chi connectivity index (χ2v) is 8.74. The Morgan fingerprint density at radius 2 is 1.58 bits per heavy atom. The smallest absolute Gasteiger partial charge is 0.243 e. The average Bonchev–Trinajstić information content (AvgIpc) is 2.90. The monoisotopic (exact) mass is 488 g/mol. The Morgan fingerprint density at radius 3 is 2.25 bits per heavy atom. The summed E-state index contributed by atoms with van der Waals surface area (Å²) in [6.07, 6.45) is 1.24. The molecule has 1 N–H and O–H groups in total. The van der Waals surface area contributed by atoms with Crippen LogP contribution in [0.3, 0.4) is 0 Å². The molecule has 0 saturated carbocycles. The number of nitrogens with one attached hydrogen (secondary N) is 1. The molecule has 36 heavy (non-hydrogen) atoms. The Balaban J connectivity index is 1.89. The van der Waals surface area contributed by atoms with Gasteiger partial charge in [0.1, 0.15) is 6.04 Å². The second-order valence-electron chi connectivity index (χ2n) is 8.74. The van der Waals surface area contributed by atoms with Gasteiger partial charge in [-0.2, -0.15) is 0 Å². The van der Waals surface area contributed by atoms with Crippen LogP contribution in [-0.4, -0.2) is 43.5 Å². The minimum absolute atomic E-state index is 0.0692. The van der Waals surface area contributed by atoms with Crippen molar-refractivity contribution in [1.82, 2.24) is 10.2 Å². The lowest BCUT2D eigenvalue weighted by Gasteiger charge is -2.32. The molecule has 0 radical (unpaired) electrons. The van der Waals surface area contributed by atoms with Crippen molar-refractivity contribution in [3.05, 3.63) is 95.1 Å². The molecule has 3 aromatic rings. The fourth-order valence-electron chi connectivity index (χ4n) is 4.25. The van der Waals surface area contributed by atoms with Gasteiger partial charge in [-0.25, -0.2) is 0 Å². The zero-order chi connectivity index (χ0) is 25.9. The fraction of sp³-hybridized carbons (Fsp3) is 0.333. The second kappa shape index (κ2) is 13.3. The highest BCUT2D eigenvalue weighted by atomic mass is 16.5. The summed E-state index contributed by atoms with van der Waals surface area (Å²) < 4.78 is 10.7. The minimum Gasteiger partial charge on any atom is -0.493 e. The maximum absolute atomic E-state index is 13.7. The third kappa shape index (κ3) is 7.11. The number of ether oxygens (including phenoxy) is 2. The van der Waals surface area contributed by atoms with Crippen molar-refractivity contribution in [3.8, 4) is 11.5 Å². The Labute approximate surface area is 214 Å². The zero-order valence-electron chi connectivity index (χ0n) is 21.6. The minimum atomic E-state index is -0.621. The van der Waals surface area contributed by atoms with Gasteiger partial charge in [-0.15, -0.1) is 0 Å². The van der Waals surface area contributed by atoms with Gasteiger partial charge in [0, 0.05) is 25.9 Å². The van der Waals surface area contributed by atoms with Crippen LogP contribution >= 0.6 is 0 Å². The van der Waals surface area contributed by atoms with Gasteiger partial charge in [0.05, 0.1) is 14.2 Å². The molecule has 1 atom stereocenters. The summed E-state index contributed by atoms with van der Waals surface area (Å²) >= 11 is 0. The molecule has 0 saturated heterocycles. The first-order valence-corrected chi connectivity index (χ1v) is 12.3. The molecule has 0 spiro atoms. The van der Waals surface area contributed by atoms with Crippen LogP contribution in [0.4, 0.5) is 0 Å². The fourth-order valence-corrected chi connectivity index (χ4v) is 4.25. The number of hydrogen-bond donors (Lipinski definition) is 1. The van der Waals surface area contributed by atoms with E-state index in [0.717, 1.165) is 22.3 Å². The quantitative estimate of drug-likeness (QED) is 0.401. The lowest BCUT2D eigenvalue weighted by molar-refractivity contribution is -0.141. The molecule has 0 aliphatic rings. The van der Waals surface area contributed by atoms with Crippen LogP contribution in [0.2, 0.25) is 0 Å². The third-order valence-corrected chi connectivity index (χ3v) is 6.30. The molecule has 3 rings (SSSR count). The number of carbonyl (C=O) groups is 2. The summed E-state index contributed by atoms with van der Waals surface area (Å²) in [7, 11) is 3.19. The largest absolute Gasteiger partial charge is 0.493 e. The van der Waals surface area contributed by atoms with Crippen molar-refractivity contribution < 1.29 is 19.1 Å². The van der Waals surface area contributed by atoms with E-state index in [1.54, 1.807) is 19.1 Å². The number of methoxy groups -OCH3 is 2. The van der Waals surface area contributed by atoms with E-state index in [1.165, 1.54) is 0 Å². The maximum Gasteiger partial charge on any atom is 0.243 e. The highest BCUT2D eigenvalue weighted by Crippen LogP contribution is 2.28. The topological polar surface area (TPSA) is 67.9 Å². The molecule has 6 nitrogen and oxygen atoms in total. The van der Waals surface area contributed by atoms with Gasteiger partial charge >= 0.3 is 0 Å². The van der Waals surface area contributed by atoms with Gasteiger partial charge in [-0.1, -0.05) is 60.7 Å². The first kappa shape index (κ1) is 26.8. The summed E-state index contributed by atoms with van der Waals surface area (Å²) in [5, 5.41) is 2.94. The summed E-state index contributed by atoms with van der Waals surface area (Å²) in [4.78, 5) is 28.7. The number of amides is 2. The van der Waals surface area contributed by atoms with Crippen molar-refractivity contribution in [1.29, 1.82) is 0 Å². The Kier molecular flexibility index (Phi) is 9.92. The Morgan fingerprint density at radius 1 is 0.889 bits per heavy atom. The molecule has 6 heteroatoms. The van der Waals surface area contributed by atoms with Crippen LogP contribution in [0.15, 0.2) is 72.8 Å². The first-order chi connectivity index (χ1) is 17.5. The van der Waals surface area contributed by atoms with Gasteiger partial charge in [0.25, 0.3) is 0 Å². The molecule has 2 amide bonds. The molecule has 0 fully saturated rings. The van der Waals surface area contributed by atoms with E-state index in [4.69, 9.17) is 9.47 Å². The normalized spacial score (nSPS) is 11.4.